The third-order valence-corrected chi connectivity index (χ3v) is 3.82. The molecule has 0 spiro atoms. The Balaban J connectivity index is 2.21. The Morgan fingerprint density at radius 3 is 2.53 bits per heavy atom. The molecule has 0 unspecified atom stereocenters. The van der Waals surface area contributed by atoms with Crippen LogP contribution in [0.4, 0.5) is 0 Å². The minimum Gasteiger partial charge on any atom is -0.508 e. The summed E-state index contributed by atoms with van der Waals surface area (Å²) in [6.45, 7) is 6.23. The maximum atomic E-state index is 12.4. The molecule has 0 saturated carbocycles. The summed E-state index contributed by atoms with van der Waals surface area (Å²) in [5, 5.41) is 19.0. The molecule has 2 N–H and O–H groups in total. The minimum atomic E-state index is -0.196. The minimum absolute atomic E-state index is 0.0484. The fraction of sp³-hybridized carbons (Fsp3) is 0.500. The van der Waals surface area contributed by atoms with Crippen molar-refractivity contribution < 1.29 is 15.0 Å². The normalized spacial score (nSPS) is 19.4. The number of benzene rings is 1. The van der Waals surface area contributed by atoms with Crippen LogP contribution in [0.1, 0.15) is 24.2 Å². The van der Waals surface area contributed by atoms with E-state index in [1.54, 1.807) is 4.90 Å². The number of hydrogen-bond donors (Lipinski definition) is 2. The zero-order chi connectivity index (χ0) is 14.2. The van der Waals surface area contributed by atoms with Crippen LogP contribution in [0, 0.1) is 0 Å². The molecular formula is C14H20N2O3. The zero-order valence-corrected chi connectivity index (χ0v) is 11.6. The molecule has 1 amide bonds. The molecule has 1 fully saturated rings. The first-order valence-electron chi connectivity index (χ1n) is 6.34. The highest BCUT2D eigenvalue weighted by Crippen LogP contribution is 2.26. The van der Waals surface area contributed by atoms with E-state index in [-0.39, 0.29) is 28.5 Å². The molecule has 1 heterocycles. The van der Waals surface area contributed by atoms with Gasteiger partial charge in [-0.05, 0) is 33.0 Å². The Hall–Kier alpha value is -1.75. The first kappa shape index (κ1) is 13.7. The summed E-state index contributed by atoms with van der Waals surface area (Å²) < 4.78 is 0. The van der Waals surface area contributed by atoms with Crippen molar-refractivity contribution in [2.75, 3.05) is 26.7 Å². The van der Waals surface area contributed by atoms with Gasteiger partial charge in [0.25, 0.3) is 5.91 Å². The predicted octanol–water partition coefficient (Wildman–Crippen LogP) is 1.26. The van der Waals surface area contributed by atoms with Gasteiger partial charge in [-0.25, -0.2) is 0 Å². The van der Waals surface area contributed by atoms with Gasteiger partial charge in [0, 0.05) is 31.2 Å². The highest BCUT2D eigenvalue weighted by atomic mass is 16.3. The number of carbonyl (C=O) groups is 1. The van der Waals surface area contributed by atoms with Crippen LogP contribution in [0.25, 0.3) is 0 Å². The highest BCUT2D eigenvalue weighted by molar-refractivity contribution is 5.97. The van der Waals surface area contributed by atoms with Crippen molar-refractivity contribution in [1.29, 1.82) is 0 Å². The number of rotatable bonds is 1. The monoisotopic (exact) mass is 264 g/mol. The van der Waals surface area contributed by atoms with Gasteiger partial charge in [0.2, 0.25) is 0 Å². The van der Waals surface area contributed by atoms with Gasteiger partial charge >= 0.3 is 0 Å². The fourth-order valence-corrected chi connectivity index (χ4v) is 2.28. The van der Waals surface area contributed by atoms with Gasteiger partial charge < -0.3 is 15.1 Å². The topological polar surface area (TPSA) is 64.0 Å². The van der Waals surface area contributed by atoms with Crippen LogP contribution in [0.15, 0.2) is 18.2 Å². The number of carbonyl (C=O) groups excluding carboxylic acids is 1. The smallest absolute Gasteiger partial charge is 0.257 e. The van der Waals surface area contributed by atoms with E-state index in [2.05, 4.69) is 18.7 Å². The number of piperazine rings is 1. The SMILES string of the molecule is CN1CCN(C(=O)c2ccc(O)cc2O)CC1(C)C. The van der Waals surface area contributed by atoms with E-state index < -0.39 is 0 Å². The van der Waals surface area contributed by atoms with Crippen LogP contribution < -0.4 is 0 Å². The van der Waals surface area contributed by atoms with Gasteiger partial charge in [0.05, 0.1) is 5.56 Å². The third kappa shape index (κ3) is 2.66. The molecule has 1 saturated heterocycles. The molecule has 1 aliphatic heterocycles. The van der Waals surface area contributed by atoms with Crippen molar-refractivity contribution >= 4 is 5.91 Å². The molecule has 1 aromatic rings. The average molecular weight is 264 g/mol. The number of phenolic OH excluding ortho intramolecular Hbond substituents is 2. The van der Waals surface area contributed by atoms with Gasteiger partial charge in [-0.2, -0.15) is 0 Å². The molecule has 0 aliphatic carbocycles. The quantitative estimate of drug-likeness (QED) is 0.801. The zero-order valence-electron chi connectivity index (χ0n) is 11.6. The number of hydrogen-bond acceptors (Lipinski definition) is 4. The van der Waals surface area contributed by atoms with Crippen molar-refractivity contribution in [1.82, 2.24) is 9.80 Å². The van der Waals surface area contributed by atoms with Crippen LogP contribution >= 0.6 is 0 Å². The van der Waals surface area contributed by atoms with Gasteiger partial charge in [-0.15, -0.1) is 0 Å². The van der Waals surface area contributed by atoms with E-state index in [1.165, 1.54) is 18.2 Å². The summed E-state index contributed by atoms with van der Waals surface area (Å²) in [7, 11) is 2.04. The molecular weight excluding hydrogens is 244 g/mol. The van der Waals surface area contributed by atoms with Crippen molar-refractivity contribution in [2.45, 2.75) is 19.4 Å². The summed E-state index contributed by atoms with van der Waals surface area (Å²) in [5.41, 5.74) is 0.152. The predicted molar refractivity (Wildman–Crippen MR) is 72.4 cm³/mol. The van der Waals surface area contributed by atoms with Gasteiger partial charge in [0.1, 0.15) is 11.5 Å². The first-order chi connectivity index (χ1) is 8.81. The number of aromatic hydroxyl groups is 2. The van der Waals surface area contributed by atoms with Gasteiger partial charge in [-0.3, -0.25) is 9.69 Å². The van der Waals surface area contributed by atoms with Crippen molar-refractivity contribution in [2.24, 2.45) is 0 Å². The standard InChI is InChI=1S/C14H20N2O3/c1-14(2)9-16(7-6-15(14)3)13(19)11-5-4-10(17)8-12(11)18/h4-5,8,17-18H,6-7,9H2,1-3H3. The van der Waals surface area contributed by atoms with Crippen LogP contribution in [-0.4, -0.2) is 58.1 Å². The van der Waals surface area contributed by atoms with Crippen LogP contribution in [0.2, 0.25) is 0 Å². The lowest BCUT2D eigenvalue weighted by atomic mass is 9.99. The molecule has 1 aromatic carbocycles. The molecule has 0 bridgehead atoms. The summed E-state index contributed by atoms with van der Waals surface area (Å²) >= 11 is 0. The largest absolute Gasteiger partial charge is 0.508 e. The van der Waals surface area contributed by atoms with Crippen molar-refractivity contribution in [3.05, 3.63) is 23.8 Å². The molecule has 0 radical (unpaired) electrons. The van der Waals surface area contributed by atoms with Crippen molar-refractivity contribution in [3.8, 4) is 11.5 Å². The van der Waals surface area contributed by atoms with Crippen LogP contribution in [0.3, 0.4) is 0 Å². The molecule has 104 valence electrons. The summed E-state index contributed by atoms with van der Waals surface area (Å²) in [6.07, 6.45) is 0. The summed E-state index contributed by atoms with van der Waals surface area (Å²) in [4.78, 5) is 16.3. The molecule has 0 atom stereocenters. The molecule has 0 aromatic heterocycles. The lowest BCUT2D eigenvalue weighted by molar-refractivity contribution is 0.0309. The van der Waals surface area contributed by atoms with Crippen LogP contribution in [-0.2, 0) is 0 Å². The Bertz CT molecular complexity index is 499. The molecule has 5 heteroatoms. The maximum absolute atomic E-state index is 12.4. The third-order valence-electron chi connectivity index (χ3n) is 3.82. The maximum Gasteiger partial charge on any atom is 0.257 e. The van der Waals surface area contributed by atoms with E-state index in [9.17, 15) is 15.0 Å². The Morgan fingerprint density at radius 1 is 1.26 bits per heavy atom. The van der Waals surface area contributed by atoms with E-state index in [0.29, 0.717) is 13.1 Å². The van der Waals surface area contributed by atoms with Crippen molar-refractivity contribution in [3.63, 3.8) is 0 Å². The number of phenols is 2. The Morgan fingerprint density at radius 2 is 1.95 bits per heavy atom. The van der Waals surface area contributed by atoms with Crippen LogP contribution in [0.5, 0.6) is 11.5 Å². The second-order valence-corrected chi connectivity index (χ2v) is 5.66. The lowest BCUT2D eigenvalue weighted by Crippen LogP contribution is -2.58. The number of amides is 1. The summed E-state index contributed by atoms with van der Waals surface area (Å²) in [6, 6.07) is 4.06. The number of likely N-dealkylation sites (N-methyl/N-ethyl adjacent to an activating group) is 1. The Labute approximate surface area is 113 Å². The average Bonchev–Trinajstić information content (AvgIpc) is 2.32. The number of nitrogens with zero attached hydrogens (tertiary/aromatic N) is 2. The van der Waals surface area contributed by atoms with Gasteiger partial charge in [0.15, 0.2) is 0 Å². The highest BCUT2D eigenvalue weighted by Gasteiger charge is 2.34. The van der Waals surface area contributed by atoms with E-state index >= 15 is 0 Å². The first-order valence-corrected chi connectivity index (χ1v) is 6.34. The van der Waals surface area contributed by atoms with E-state index in [1.807, 2.05) is 7.05 Å². The molecule has 5 nitrogen and oxygen atoms in total. The Kier molecular flexibility index (Phi) is 3.41. The molecule has 1 aliphatic rings. The molecule has 2 rings (SSSR count). The second-order valence-electron chi connectivity index (χ2n) is 5.66. The lowest BCUT2D eigenvalue weighted by Gasteiger charge is -2.45. The summed E-state index contributed by atoms with van der Waals surface area (Å²) in [5.74, 6) is -0.423. The van der Waals surface area contributed by atoms with Gasteiger partial charge in [-0.1, -0.05) is 0 Å². The van der Waals surface area contributed by atoms with E-state index in [0.717, 1.165) is 6.54 Å². The molecule has 19 heavy (non-hydrogen) atoms. The van der Waals surface area contributed by atoms with E-state index in [4.69, 9.17) is 0 Å². The fourth-order valence-electron chi connectivity index (χ4n) is 2.28. The second kappa shape index (κ2) is 4.74.